The van der Waals surface area contributed by atoms with Crippen molar-refractivity contribution in [2.24, 2.45) is 13.0 Å². The number of carbonyl (C=O) groups excluding carboxylic acids is 1. The van der Waals surface area contributed by atoms with Gasteiger partial charge in [0.15, 0.2) is 0 Å². The highest BCUT2D eigenvalue weighted by atomic mass is 16.2. The zero-order valence-corrected chi connectivity index (χ0v) is 15.2. The van der Waals surface area contributed by atoms with Crippen molar-refractivity contribution in [2.45, 2.75) is 12.6 Å². The average Bonchev–Trinajstić information content (AvgIpc) is 3.14. The van der Waals surface area contributed by atoms with Crippen LogP contribution in [-0.2, 0) is 13.6 Å². The maximum Gasteiger partial charge on any atom is 0.269 e. The van der Waals surface area contributed by atoms with Crippen molar-refractivity contribution in [3.8, 4) is 0 Å². The molecule has 6 nitrogen and oxygen atoms in total. The van der Waals surface area contributed by atoms with Gasteiger partial charge in [0.25, 0.3) is 5.91 Å². The number of amides is 1. The average molecular weight is 341 g/mol. The number of aryl methyl sites for hydroxylation is 1. The van der Waals surface area contributed by atoms with E-state index >= 15 is 0 Å². The molecule has 6 heteroatoms. The molecule has 1 amide bonds. The molecule has 2 atom stereocenters. The number of rotatable bonds is 6. The summed E-state index contributed by atoms with van der Waals surface area (Å²) >= 11 is 0. The normalized spacial score (nSPS) is 21.0. The Morgan fingerprint density at radius 3 is 2.64 bits per heavy atom. The number of aromatic nitrogens is 2. The van der Waals surface area contributed by atoms with E-state index in [0.29, 0.717) is 11.6 Å². The summed E-state index contributed by atoms with van der Waals surface area (Å²) in [6.45, 7) is 3.74. The van der Waals surface area contributed by atoms with E-state index in [1.807, 2.05) is 6.07 Å². The van der Waals surface area contributed by atoms with Crippen molar-refractivity contribution in [2.75, 3.05) is 33.7 Å². The summed E-state index contributed by atoms with van der Waals surface area (Å²) in [5, 5.41) is 7.31. The second kappa shape index (κ2) is 7.80. The second-order valence-electron chi connectivity index (χ2n) is 7.12. The summed E-state index contributed by atoms with van der Waals surface area (Å²) in [6, 6.07) is 12.4. The third-order valence-corrected chi connectivity index (χ3v) is 4.74. The van der Waals surface area contributed by atoms with E-state index < -0.39 is 0 Å². The predicted molar refractivity (Wildman–Crippen MR) is 98.2 cm³/mol. The van der Waals surface area contributed by atoms with Gasteiger partial charge in [-0.25, -0.2) is 0 Å². The molecule has 0 saturated carbocycles. The number of hydrogen-bond donors (Lipinski definition) is 1. The Hall–Kier alpha value is -2.18. The summed E-state index contributed by atoms with van der Waals surface area (Å²) in [7, 11) is 5.96. The Morgan fingerprint density at radius 2 is 2.00 bits per heavy atom. The van der Waals surface area contributed by atoms with Crippen LogP contribution in [0.25, 0.3) is 0 Å². The molecule has 0 aliphatic carbocycles. The molecule has 1 saturated heterocycles. The maximum atomic E-state index is 12.6. The number of likely N-dealkylation sites (tertiary alicyclic amines) is 1. The van der Waals surface area contributed by atoms with Crippen LogP contribution in [0.15, 0.2) is 42.6 Å². The Balaban J connectivity index is 1.67. The minimum absolute atomic E-state index is 0.0460. The number of nitrogens with zero attached hydrogens (tertiary/aromatic N) is 4. The molecule has 2 heterocycles. The molecule has 0 unspecified atom stereocenters. The fourth-order valence-electron chi connectivity index (χ4n) is 3.59. The van der Waals surface area contributed by atoms with E-state index in [2.05, 4.69) is 58.6 Å². The van der Waals surface area contributed by atoms with Crippen LogP contribution in [0.2, 0.25) is 0 Å². The van der Waals surface area contributed by atoms with Crippen LogP contribution in [0, 0.1) is 5.92 Å². The Kier molecular flexibility index (Phi) is 5.50. The summed E-state index contributed by atoms with van der Waals surface area (Å²) in [6.07, 6.45) is 1.66. The first kappa shape index (κ1) is 17.6. The molecule has 25 heavy (non-hydrogen) atoms. The molecule has 0 radical (unpaired) electrons. The van der Waals surface area contributed by atoms with E-state index in [1.165, 1.54) is 5.56 Å². The molecule has 1 aromatic heterocycles. The Morgan fingerprint density at radius 1 is 1.24 bits per heavy atom. The van der Waals surface area contributed by atoms with E-state index in [0.717, 1.165) is 26.2 Å². The highest BCUT2D eigenvalue weighted by molar-refractivity contribution is 5.92. The van der Waals surface area contributed by atoms with Gasteiger partial charge < -0.3 is 10.2 Å². The molecule has 1 aliphatic heterocycles. The topological polar surface area (TPSA) is 53.4 Å². The van der Waals surface area contributed by atoms with E-state index in [4.69, 9.17) is 0 Å². The highest BCUT2D eigenvalue weighted by Gasteiger charge is 2.34. The molecule has 1 fully saturated rings. The zero-order valence-electron chi connectivity index (χ0n) is 15.2. The summed E-state index contributed by atoms with van der Waals surface area (Å²) in [5.41, 5.74) is 1.91. The first-order valence-electron chi connectivity index (χ1n) is 8.73. The van der Waals surface area contributed by atoms with Crippen LogP contribution < -0.4 is 5.32 Å². The molecule has 134 valence electrons. The zero-order chi connectivity index (χ0) is 17.8. The van der Waals surface area contributed by atoms with Crippen molar-refractivity contribution < 1.29 is 4.79 Å². The third kappa shape index (κ3) is 4.46. The lowest BCUT2D eigenvalue weighted by molar-refractivity contribution is 0.0917. The monoisotopic (exact) mass is 341 g/mol. The summed E-state index contributed by atoms with van der Waals surface area (Å²) < 4.78 is 1.62. The molecule has 1 N–H and O–H groups in total. The van der Waals surface area contributed by atoms with Crippen molar-refractivity contribution in [3.05, 3.63) is 53.9 Å². The summed E-state index contributed by atoms with van der Waals surface area (Å²) in [5.74, 6) is 0.367. The van der Waals surface area contributed by atoms with Crippen LogP contribution in [0.4, 0.5) is 0 Å². The standard InChI is InChI=1S/C19H27N5O/c1-22(2)12-16-13-24(11-15-7-5-4-6-8-15)14-17(16)21-19(25)18-9-10-20-23(18)3/h4-10,16-17H,11-14H2,1-3H3,(H,21,25)/t16-,17-/m1/s1. The number of hydrogen-bond acceptors (Lipinski definition) is 4. The summed E-state index contributed by atoms with van der Waals surface area (Å²) in [4.78, 5) is 17.2. The predicted octanol–water partition coefficient (Wildman–Crippen LogP) is 1.21. The fourth-order valence-corrected chi connectivity index (χ4v) is 3.59. The Bertz CT molecular complexity index is 697. The van der Waals surface area contributed by atoms with Gasteiger partial charge in [-0.3, -0.25) is 14.4 Å². The van der Waals surface area contributed by atoms with Gasteiger partial charge in [0.2, 0.25) is 0 Å². The van der Waals surface area contributed by atoms with Crippen molar-refractivity contribution >= 4 is 5.91 Å². The SMILES string of the molecule is CN(C)C[C@@H]1CN(Cc2ccccc2)C[C@H]1NC(=O)c1ccnn1C. The molecule has 1 aliphatic rings. The van der Waals surface area contributed by atoms with Gasteiger partial charge in [0.05, 0.1) is 0 Å². The van der Waals surface area contributed by atoms with Crippen LogP contribution in [0.5, 0.6) is 0 Å². The van der Waals surface area contributed by atoms with Gasteiger partial charge >= 0.3 is 0 Å². The highest BCUT2D eigenvalue weighted by Crippen LogP contribution is 2.20. The van der Waals surface area contributed by atoms with Crippen molar-refractivity contribution in [3.63, 3.8) is 0 Å². The minimum Gasteiger partial charge on any atom is -0.346 e. The smallest absolute Gasteiger partial charge is 0.269 e. The van der Waals surface area contributed by atoms with E-state index in [-0.39, 0.29) is 11.9 Å². The third-order valence-electron chi connectivity index (χ3n) is 4.74. The first-order valence-corrected chi connectivity index (χ1v) is 8.73. The lowest BCUT2D eigenvalue weighted by Gasteiger charge is -2.22. The maximum absolute atomic E-state index is 12.6. The van der Waals surface area contributed by atoms with Crippen LogP contribution in [0.1, 0.15) is 16.1 Å². The molecular weight excluding hydrogens is 314 g/mol. The Labute approximate surface area is 149 Å². The van der Waals surface area contributed by atoms with Crippen molar-refractivity contribution in [1.82, 2.24) is 24.9 Å². The quantitative estimate of drug-likeness (QED) is 0.858. The molecule has 3 rings (SSSR count). The van der Waals surface area contributed by atoms with Gasteiger partial charge in [-0.15, -0.1) is 0 Å². The van der Waals surface area contributed by atoms with Gasteiger partial charge in [0, 0.05) is 51.4 Å². The molecule has 1 aromatic carbocycles. The van der Waals surface area contributed by atoms with Crippen LogP contribution >= 0.6 is 0 Å². The second-order valence-corrected chi connectivity index (χ2v) is 7.12. The largest absolute Gasteiger partial charge is 0.346 e. The lowest BCUT2D eigenvalue weighted by Crippen LogP contribution is -2.43. The fraction of sp³-hybridized carbons (Fsp3) is 0.474. The molecular formula is C19H27N5O. The van der Waals surface area contributed by atoms with Gasteiger partial charge in [-0.1, -0.05) is 30.3 Å². The number of benzene rings is 1. The van der Waals surface area contributed by atoms with Gasteiger partial charge in [0.1, 0.15) is 5.69 Å². The van der Waals surface area contributed by atoms with Crippen LogP contribution in [0.3, 0.4) is 0 Å². The van der Waals surface area contributed by atoms with Crippen molar-refractivity contribution in [1.29, 1.82) is 0 Å². The van der Waals surface area contributed by atoms with Gasteiger partial charge in [-0.05, 0) is 25.7 Å². The minimum atomic E-state index is -0.0460. The molecule has 0 spiro atoms. The molecule has 0 bridgehead atoms. The number of nitrogens with one attached hydrogen (secondary N) is 1. The lowest BCUT2D eigenvalue weighted by atomic mass is 10.0. The van der Waals surface area contributed by atoms with E-state index in [9.17, 15) is 4.79 Å². The van der Waals surface area contributed by atoms with Crippen LogP contribution in [-0.4, -0.2) is 65.3 Å². The van der Waals surface area contributed by atoms with E-state index in [1.54, 1.807) is 24.0 Å². The van der Waals surface area contributed by atoms with Gasteiger partial charge in [-0.2, -0.15) is 5.10 Å². The molecule has 2 aromatic rings. The first-order chi connectivity index (χ1) is 12.0. The number of carbonyl (C=O) groups is 1.